The summed E-state index contributed by atoms with van der Waals surface area (Å²) in [6, 6.07) is 1.79. The first-order valence-electron chi connectivity index (χ1n) is 6.78. The second-order valence-electron chi connectivity index (χ2n) is 4.96. The molecular weight excluding hydrogens is 258 g/mol. The molecule has 1 rings (SSSR count). The van der Waals surface area contributed by atoms with Crippen LogP contribution in [0.25, 0.3) is 0 Å². The largest absolute Gasteiger partial charge is 0.463 e. The van der Waals surface area contributed by atoms with Crippen molar-refractivity contribution in [1.29, 1.82) is 0 Å². The number of esters is 1. The van der Waals surface area contributed by atoms with Crippen LogP contribution in [0.1, 0.15) is 36.6 Å². The molecule has 112 valence electrons. The van der Waals surface area contributed by atoms with Gasteiger partial charge in [0.15, 0.2) is 0 Å². The molecular formula is C14H23N3O3. The Morgan fingerprint density at radius 3 is 2.80 bits per heavy atom. The van der Waals surface area contributed by atoms with E-state index in [1.165, 1.54) is 7.11 Å². The van der Waals surface area contributed by atoms with Crippen LogP contribution in [0.15, 0.2) is 6.07 Å². The SMILES string of the molecule is COC(=O)c1nc(C)cc(NCCCOCC(C)C)n1. The second-order valence-corrected chi connectivity index (χ2v) is 4.96. The monoisotopic (exact) mass is 281 g/mol. The molecule has 1 heterocycles. The van der Waals surface area contributed by atoms with E-state index in [2.05, 4.69) is 33.9 Å². The number of hydrogen-bond acceptors (Lipinski definition) is 6. The van der Waals surface area contributed by atoms with E-state index in [4.69, 9.17) is 4.74 Å². The van der Waals surface area contributed by atoms with Crippen molar-refractivity contribution in [2.24, 2.45) is 5.92 Å². The Morgan fingerprint density at radius 1 is 1.40 bits per heavy atom. The van der Waals surface area contributed by atoms with Crippen LogP contribution in [0.3, 0.4) is 0 Å². The van der Waals surface area contributed by atoms with Crippen molar-refractivity contribution in [2.75, 3.05) is 32.2 Å². The molecule has 0 saturated heterocycles. The second kappa shape index (κ2) is 8.47. The summed E-state index contributed by atoms with van der Waals surface area (Å²) in [5, 5.41) is 3.15. The summed E-state index contributed by atoms with van der Waals surface area (Å²) in [5.41, 5.74) is 0.721. The average Bonchev–Trinajstić information content (AvgIpc) is 2.40. The fourth-order valence-corrected chi connectivity index (χ4v) is 1.55. The van der Waals surface area contributed by atoms with Gasteiger partial charge in [0.25, 0.3) is 0 Å². The maximum absolute atomic E-state index is 11.4. The van der Waals surface area contributed by atoms with E-state index >= 15 is 0 Å². The molecule has 0 aliphatic rings. The number of aromatic nitrogens is 2. The average molecular weight is 281 g/mol. The van der Waals surface area contributed by atoms with Crippen molar-refractivity contribution < 1.29 is 14.3 Å². The zero-order chi connectivity index (χ0) is 15.0. The standard InChI is InChI=1S/C14H23N3O3/c1-10(2)9-20-7-5-6-15-12-8-11(3)16-13(17-12)14(18)19-4/h8,10H,5-7,9H2,1-4H3,(H,15,16,17). The van der Waals surface area contributed by atoms with Crippen LogP contribution in [-0.2, 0) is 9.47 Å². The van der Waals surface area contributed by atoms with Crippen LogP contribution in [0.2, 0.25) is 0 Å². The van der Waals surface area contributed by atoms with Gasteiger partial charge in [0.1, 0.15) is 5.82 Å². The van der Waals surface area contributed by atoms with Crippen LogP contribution < -0.4 is 5.32 Å². The molecule has 0 saturated carbocycles. The highest BCUT2D eigenvalue weighted by Crippen LogP contribution is 2.07. The molecule has 1 aromatic rings. The number of nitrogens with one attached hydrogen (secondary N) is 1. The fourth-order valence-electron chi connectivity index (χ4n) is 1.55. The summed E-state index contributed by atoms with van der Waals surface area (Å²) in [6.07, 6.45) is 0.878. The molecule has 0 fully saturated rings. The van der Waals surface area contributed by atoms with Crippen LogP contribution in [-0.4, -0.2) is 42.8 Å². The molecule has 6 nitrogen and oxygen atoms in total. The first kappa shape index (κ1) is 16.4. The van der Waals surface area contributed by atoms with E-state index in [1.807, 2.05) is 6.92 Å². The van der Waals surface area contributed by atoms with Crippen LogP contribution in [0, 0.1) is 12.8 Å². The lowest BCUT2D eigenvalue weighted by molar-refractivity contribution is 0.0586. The van der Waals surface area contributed by atoms with Gasteiger partial charge in [-0.05, 0) is 19.3 Å². The fraction of sp³-hybridized carbons (Fsp3) is 0.643. The third-order valence-corrected chi connectivity index (χ3v) is 2.44. The molecule has 0 aliphatic carbocycles. The molecule has 0 aromatic carbocycles. The van der Waals surface area contributed by atoms with Crippen LogP contribution >= 0.6 is 0 Å². The van der Waals surface area contributed by atoms with Crippen LogP contribution in [0.5, 0.6) is 0 Å². The Labute approximate surface area is 119 Å². The summed E-state index contributed by atoms with van der Waals surface area (Å²) >= 11 is 0. The van der Waals surface area contributed by atoms with E-state index in [-0.39, 0.29) is 5.82 Å². The molecule has 0 bridgehead atoms. The van der Waals surface area contributed by atoms with Gasteiger partial charge < -0.3 is 14.8 Å². The van der Waals surface area contributed by atoms with E-state index in [0.29, 0.717) is 18.3 Å². The number of ether oxygens (including phenoxy) is 2. The van der Waals surface area contributed by atoms with Crippen molar-refractivity contribution in [3.05, 3.63) is 17.6 Å². The lowest BCUT2D eigenvalue weighted by atomic mass is 10.2. The Kier molecular flexibility index (Phi) is 6.93. The van der Waals surface area contributed by atoms with Gasteiger partial charge in [-0.2, -0.15) is 0 Å². The van der Waals surface area contributed by atoms with Gasteiger partial charge in [0, 0.05) is 31.5 Å². The van der Waals surface area contributed by atoms with Gasteiger partial charge in [-0.15, -0.1) is 0 Å². The summed E-state index contributed by atoms with van der Waals surface area (Å²) in [5.74, 6) is 0.722. The summed E-state index contributed by atoms with van der Waals surface area (Å²) in [4.78, 5) is 19.5. The van der Waals surface area contributed by atoms with E-state index in [0.717, 1.165) is 25.3 Å². The molecule has 0 unspecified atom stereocenters. The minimum Gasteiger partial charge on any atom is -0.463 e. The molecule has 1 N–H and O–H groups in total. The van der Waals surface area contributed by atoms with E-state index in [9.17, 15) is 4.79 Å². The number of methoxy groups -OCH3 is 1. The Bertz CT molecular complexity index is 436. The van der Waals surface area contributed by atoms with Gasteiger partial charge >= 0.3 is 5.97 Å². The summed E-state index contributed by atoms with van der Waals surface area (Å²) < 4.78 is 10.1. The van der Waals surface area contributed by atoms with Crippen LogP contribution in [0.4, 0.5) is 5.82 Å². The topological polar surface area (TPSA) is 73.3 Å². The van der Waals surface area contributed by atoms with E-state index in [1.54, 1.807) is 6.07 Å². The molecule has 1 aromatic heterocycles. The van der Waals surface area contributed by atoms with Crippen molar-refractivity contribution in [3.8, 4) is 0 Å². The maximum Gasteiger partial charge on any atom is 0.376 e. The first-order chi connectivity index (χ1) is 9.52. The smallest absolute Gasteiger partial charge is 0.376 e. The third kappa shape index (κ3) is 5.97. The van der Waals surface area contributed by atoms with Gasteiger partial charge in [-0.1, -0.05) is 13.8 Å². The van der Waals surface area contributed by atoms with Gasteiger partial charge in [-0.25, -0.2) is 14.8 Å². The van der Waals surface area contributed by atoms with Gasteiger partial charge in [0.2, 0.25) is 5.82 Å². The Balaban J connectivity index is 2.40. The normalized spacial score (nSPS) is 10.7. The third-order valence-electron chi connectivity index (χ3n) is 2.44. The predicted molar refractivity (Wildman–Crippen MR) is 76.9 cm³/mol. The van der Waals surface area contributed by atoms with Crippen molar-refractivity contribution in [1.82, 2.24) is 9.97 Å². The lowest BCUT2D eigenvalue weighted by Gasteiger charge is -2.09. The highest BCUT2D eigenvalue weighted by Gasteiger charge is 2.11. The number of anilines is 1. The maximum atomic E-state index is 11.4. The van der Waals surface area contributed by atoms with E-state index < -0.39 is 5.97 Å². The highest BCUT2D eigenvalue weighted by molar-refractivity contribution is 5.85. The first-order valence-corrected chi connectivity index (χ1v) is 6.78. The molecule has 0 radical (unpaired) electrons. The molecule has 20 heavy (non-hydrogen) atoms. The molecule has 0 spiro atoms. The van der Waals surface area contributed by atoms with Crippen molar-refractivity contribution >= 4 is 11.8 Å². The van der Waals surface area contributed by atoms with Crippen molar-refractivity contribution in [3.63, 3.8) is 0 Å². The number of carbonyl (C=O) groups excluding carboxylic acids is 1. The molecule has 0 aliphatic heterocycles. The molecule has 0 amide bonds. The summed E-state index contributed by atoms with van der Waals surface area (Å²) in [7, 11) is 1.31. The Hall–Kier alpha value is -1.69. The number of carbonyl (C=O) groups is 1. The molecule has 0 atom stereocenters. The minimum absolute atomic E-state index is 0.0751. The minimum atomic E-state index is -0.531. The highest BCUT2D eigenvalue weighted by atomic mass is 16.5. The zero-order valence-corrected chi connectivity index (χ0v) is 12.6. The quantitative estimate of drug-likeness (QED) is 0.580. The number of aryl methyl sites for hydroxylation is 1. The summed E-state index contributed by atoms with van der Waals surface area (Å²) in [6.45, 7) is 8.27. The van der Waals surface area contributed by atoms with Crippen molar-refractivity contribution in [2.45, 2.75) is 27.2 Å². The predicted octanol–water partition coefficient (Wildman–Crippen LogP) is 2.05. The number of nitrogens with zero attached hydrogens (tertiary/aromatic N) is 2. The van der Waals surface area contributed by atoms with Gasteiger partial charge in [-0.3, -0.25) is 0 Å². The zero-order valence-electron chi connectivity index (χ0n) is 12.6. The Morgan fingerprint density at radius 2 is 2.15 bits per heavy atom. The molecule has 6 heteroatoms. The van der Waals surface area contributed by atoms with Gasteiger partial charge in [0.05, 0.1) is 7.11 Å². The number of hydrogen-bond donors (Lipinski definition) is 1. The number of rotatable bonds is 8. The lowest BCUT2D eigenvalue weighted by Crippen LogP contribution is -2.13.